The highest BCUT2D eigenvalue weighted by molar-refractivity contribution is 5.98. The SMILES string of the molecule is NC(=O)c1cc(N)cnc1NCc1nn[nH]n1. The minimum absolute atomic E-state index is 0.216. The maximum Gasteiger partial charge on any atom is 0.252 e. The first-order valence-electron chi connectivity index (χ1n) is 4.68. The van der Waals surface area contributed by atoms with Gasteiger partial charge >= 0.3 is 0 Å². The van der Waals surface area contributed by atoms with E-state index in [1.165, 1.54) is 12.3 Å². The zero-order chi connectivity index (χ0) is 12.3. The third-order valence-corrected chi connectivity index (χ3v) is 1.98. The summed E-state index contributed by atoms with van der Waals surface area (Å²) in [5.41, 5.74) is 11.3. The Kier molecular flexibility index (Phi) is 2.81. The van der Waals surface area contributed by atoms with Gasteiger partial charge in [0.05, 0.1) is 24.0 Å². The van der Waals surface area contributed by atoms with Crippen LogP contribution in [0.25, 0.3) is 0 Å². The van der Waals surface area contributed by atoms with E-state index in [1.54, 1.807) is 0 Å². The molecule has 2 rings (SSSR count). The molecule has 0 radical (unpaired) electrons. The van der Waals surface area contributed by atoms with Gasteiger partial charge in [0, 0.05) is 0 Å². The number of hydrogen-bond donors (Lipinski definition) is 4. The Morgan fingerprint density at radius 1 is 1.53 bits per heavy atom. The maximum absolute atomic E-state index is 11.2. The minimum Gasteiger partial charge on any atom is -0.397 e. The summed E-state index contributed by atoms with van der Waals surface area (Å²) in [5.74, 6) is 0.163. The molecule has 17 heavy (non-hydrogen) atoms. The molecule has 0 aromatic carbocycles. The Balaban J connectivity index is 2.17. The van der Waals surface area contributed by atoms with Gasteiger partial charge in [0.1, 0.15) is 5.82 Å². The van der Waals surface area contributed by atoms with Crippen LogP contribution in [-0.4, -0.2) is 31.5 Å². The topological polar surface area (TPSA) is 148 Å². The number of carbonyl (C=O) groups is 1. The van der Waals surface area contributed by atoms with E-state index in [1.807, 2.05) is 0 Å². The van der Waals surface area contributed by atoms with Crippen molar-refractivity contribution in [3.8, 4) is 0 Å². The number of primary amides is 1. The molecule has 0 bridgehead atoms. The van der Waals surface area contributed by atoms with Crippen LogP contribution in [-0.2, 0) is 6.54 Å². The fraction of sp³-hybridized carbons (Fsp3) is 0.125. The number of nitrogen functional groups attached to an aromatic ring is 1. The third-order valence-electron chi connectivity index (χ3n) is 1.98. The van der Waals surface area contributed by atoms with Gasteiger partial charge < -0.3 is 16.8 Å². The molecule has 88 valence electrons. The smallest absolute Gasteiger partial charge is 0.252 e. The first-order chi connectivity index (χ1) is 8.16. The molecule has 6 N–H and O–H groups in total. The predicted molar refractivity (Wildman–Crippen MR) is 58.7 cm³/mol. The van der Waals surface area contributed by atoms with E-state index in [4.69, 9.17) is 11.5 Å². The van der Waals surface area contributed by atoms with Gasteiger partial charge in [-0.15, -0.1) is 10.2 Å². The molecule has 0 atom stereocenters. The van der Waals surface area contributed by atoms with E-state index in [-0.39, 0.29) is 12.1 Å². The molecule has 0 aliphatic heterocycles. The fourth-order valence-electron chi connectivity index (χ4n) is 1.23. The molecule has 0 fully saturated rings. The molecule has 0 aliphatic rings. The number of nitrogens with one attached hydrogen (secondary N) is 2. The molecule has 2 aromatic rings. The number of nitrogens with two attached hydrogens (primary N) is 2. The van der Waals surface area contributed by atoms with Gasteiger partial charge in [-0.2, -0.15) is 5.21 Å². The lowest BCUT2D eigenvalue weighted by molar-refractivity contribution is 0.100. The first-order valence-corrected chi connectivity index (χ1v) is 4.68. The van der Waals surface area contributed by atoms with Gasteiger partial charge in [-0.25, -0.2) is 4.98 Å². The molecule has 0 saturated heterocycles. The van der Waals surface area contributed by atoms with Gasteiger partial charge in [-0.1, -0.05) is 5.21 Å². The summed E-state index contributed by atoms with van der Waals surface area (Å²) < 4.78 is 0. The van der Waals surface area contributed by atoms with E-state index >= 15 is 0 Å². The highest BCUT2D eigenvalue weighted by Gasteiger charge is 2.10. The van der Waals surface area contributed by atoms with E-state index in [0.29, 0.717) is 17.3 Å². The first kappa shape index (κ1) is 10.8. The van der Waals surface area contributed by atoms with Crippen LogP contribution in [0.2, 0.25) is 0 Å². The molecule has 2 aromatic heterocycles. The van der Waals surface area contributed by atoms with E-state index < -0.39 is 5.91 Å². The Bertz CT molecular complexity index is 522. The van der Waals surface area contributed by atoms with Crippen molar-refractivity contribution in [2.24, 2.45) is 5.73 Å². The Morgan fingerprint density at radius 2 is 2.35 bits per heavy atom. The van der Waals surface area contributed by atoms with Gasteiger partial charge in [0.2, 0.25) is 0 Å². The molecule has 9 nitrogen and oxygen atoms in total. The second-order valence-electron chi connectivity index (χ2n) is 3.21. The average molecular weight is 234 g/mol. The van der Waals surface area contributed by atoms with Crippen molar-refractivity contribution in [3.05, 3.63) is 23.7 Å². The average Bonchev–Trinajstić information content (AvgIpc) is 2.80. The standard InChI is InChI=1S/C8H10N8O/c9-4-1-5(7(10)17)8(11-2-4)12-3-6-13-15-16-14-6/h1-2H,3,9H2,(H2,10,17)(H,11,12)(H,13,14,15,16). The number of nitrogens with zero attached hydrogens (tertiary/aromatic N) is 4. The summed E-state index contributed by atoms with van der Waals surface area (Å²) in [6.45, 7) is 0.272. The van der Waals surface area contributed by atoms with Crippen LogP contribution in [0.5, 0.6) is 0 Å². The lowest BCUT2D eigenvalue weighted by Gasteiger charge is -2.07. The summed E-state index contributed by atoms with van der Waals surface area (Å²) >= 11 is 0. The normalized spacial score (nSPS) is 10.1. The number of H-pyrrole nitrogens is 1. The van der Waals surface area contributed by atoms with Crippen molar-refractivity contribution in [1.29, 1.82) is 0 Å². The molecule has 0 spiro atoms. The van der Waals surface area contributed by atoms with Crippen LogP contribution < -0.4 is 16.8 Å². The summed E-state index contributed by atoms with van der Waals surface area (Å²) in [4.78, 5) is 15.1. The van der Waals surface area contributed by atoms with Crippen LogP contribution in [0, 0.1) is 0 Å². The van der Waals surface area contributed by atoms with Crippen molar-refractivity contribution >= 4 is 17.4 Å². The number of aromatic amines is 1. The predicted octanol–water partition coefficient (Wildman–Crippen LogP) is -1.11. The van der Waals surface area contributed by atoms with Gasteiger partial charge in [-0.3, -0.25) is 4.79 Å². The number of tetrazole rings is 1. The molecule has 0 aliphatic carbocycles. The van der Waals surface area contributed by atoms with Crippen molar-refractivity contribution in [2.45, 2.75) is 6.54 Å². The summed E-state index contributed by atoms with van der Waals surface area (Å²) in [6, 6.07) is 1.45. The number of anilines is 2. The molecule has 0 saturated carbocycles. The van der Waals surface area contributed by atoms with Gasteiger partial charge in [-0.05, 0) is 6.07 Å². The summed E-state index contributed by atoms with van der Waals surface area (Å²) in [7, 11) is 0. The maximum atomic E-state index is 11.2. The molecule has 2 heterocycles. The van der Waals surface area contributed by atoms with Crippen LogP contribution in [0.15, 0.2) is 12.3 Å². The number of amides is 1. The highest BCUT2D eigenvalue weighted by atomic mass is 16.1. The second-order valence-corrected chi connectivity index (χ2v) is 3.21. The van der Waals surface area contributed by atoms with E-state index in [9.17, 15) is 4.79 Å². The molecular weight excluding hydrogens is 224 g/mol. The van der Waals surface area contributed by atoms with Gasteiger partial charge in [0.15, 0.2) is 5.82 Å². The Morgan fingerprint density at radius 3 is 3.00 bits per heavy atom. The molecule has 9 heteroatoms. The van der Waals surface area contributed by atoms with Crippen LogP contribution in [0.4, 0.5) is 11.5 Å². The number of hydrogen-bond acceptors (Lipinski definition) is 7. The van der Waals surface area contributed by atoms with Crippen LogP contribution in [0.1, 0.15) is 16.2 Å². The largest absolute Gasteiger partial charge is 0.397 e. The minimum atomic E-state index is -0.611. The fourth-order valence-corrected chi connectivity index (χ4v) is 1.23. The number of carbonyl (C=O) groups excluding carboxylic acids is 1. The molecular formula is C8H10N8O. The summed E-state index contributed by atoms with van der Waals surface area (Å²) in [5, 5.41) is 16.1. The lowest BCUT2D eigenvalue weighted by Crippen LogP contribution is -2.16. The third kappa shape index (κ3) is 2.45. The van der Waals surface area contributed by atoms with Crippen molar-refractivity contribution < 1.29 is 4.79 Å². The Hall–Kier alpha value is -2.71. The van der Waals surface area contributed by atoms with E-state index in [0.717, 1.165) is 0 Å². The number of pyridine rings is 1. The van der Waals surface area contributed by atoms with Crippen molar-refractivity contribution in [2.75, 3.05) is 11.1 Å². The molecule has 0 unspecified atom stereocenters. The monoisotopic (exact) mass is 234 g/mol. The van der Waals surface area contributed by atoms with Crippen LogP contribution in [0.3, 0.4) is 0 Å². The Labute approximate surface area is 95.6 Å². The number of aromatic nitrogens is 5. The quantitative estimate of drug-likeness (QED) is 0.523. The van der Waals surface area contributed by atoms with Crippen molar-refractivity contribution in [3.63, 3.8) is 0 Å². The number of rotatable bonds is 4. The van der Waals surface area contributed by atoms with Crippen molar-refractivity contribution in [1.82, 2.24) is 25.6 Å². The van der Waals surface area contributed by atoms with Gasteiger partial charge in [0.25, 0.3) is 5.91 Å². The molecule has 1 amide bonds. The van der Waals surface area contributed by atoms with E-state index in [2.05, 4.69) is 30.9 Å². The second kappa shape index (κ2) is 4.43. The summed E-state index contributed by atoms with van der Waals surface area (Å²) in [6.07, 6.45) is 1.42. The zero-order valence-electron chi connectivity index (χ0n) is 8.71. The highest BCUT2D eigenvalue weighted by Crippen LogP contribution is 2.15. The van der Waals surface area contributed by atoms with Crippen LogP contribution >= 0.6 is 0 Å². The zero-order valence-corrected chi connectivity index (χ0v) is 8.71. The lowest BCUT2D eigenvalue weighted by atomic mass is 10.2.